The van der Waals surface area contributed by atoms with Crippen molar-refractivity contribution in [1.29, 1.82) is 0 Å². The molecule has 0 heterocycles. The van der Waals surface area contributed by atoms with Gasteiger partial charge >= 0.3 is 0 Å². The number of phenolic OH excluding ortho intramolecular Hbond substituents is 1. The average molecular weight is 212 g/mol. The molecule has 0 atom stereocenters. The Hall–Kier alpha value is -1.76. The molecule has 0 aromatic heterocycles. The molecule has 1 heteroatoms. The van der Waals surface area contributed by atoms with Crippen molar-refractivity contribution in [3.8, 4) is 16.9 Å². The highest BCUT2D eigenvalue weighted by molar-refractivity contribution is 5.80. The van der Waals surface area contributed by atoms with Gasteiger partial charge in [0.05, 0.1) is 0 Å². The molecular weight excluding hydrogens is 196 g/mol. The number of fused-ring (bicyclic) bond motifs is 1. The topological polar surface area (TPSA) is 20.2 Å². The Kier molecular flexibility index (Phi) is 3.25. The molecular formula is C15H16O. The Labute approximate surface area is 96.4 Å². The van der Waals surface area contributed by atoms with Gasteiger partial charge in [0.1, 0.15) is 5.75 Å². The maximum absolute atomic E-state index is 8.92. The molecule has 2 aliphatic rings. The Balaban J connectivity index is 0.000000134. The summed E-state index contributed by atoms with van der Waals surface area (Å²) in [6, 6.07) is 15.9. The van der Waals surface area contributed by atoms with Crippen molar-refractivity contribution in [2.24, 2.45) is 0 Å². The molecule has 0 fully saturated rings. The van der Waals surface area contributed by atoms with Crippen molar-refractivity contribution in [3.05, 3.63) is 54.1 Å². The molecule has 1 aromatic rings. The van der Waals surface area contributed by atoms with E-state index in [0.29, 0.717) is 5.75 Å². The van der Waals surface area contributed by atoms with Crippen molar-refractivity contribution >= 4 is 0 Å². The van der Waals surface area contributed by atoms with Crippen LogP contribution in [0, 0.1) is 0 Å². The molecule has 0 amide bonds. The zero-order valence-corrected chi connectivity index (χ0v) is 9.48. The van der Waals surface area contributed by atoms with Gasteiger partial charge in [-0.25, -0.2) is 0 Å². The smallest absolute Gasteiger partial charge is 0.115 e. The Morgan fingerprint density at radius 1 is 0.938 bits per heavy atom. The second kappa shape index (κ2) is 4.84. The highest BCUT2D eigenvalue weighted by Gasteiger charge is 2.06. The summed E-state index contributed by atoms with van der Waals surface area (Å²) in [7, 11) is 0. The average Bonchev–Trinajstić information content (AvgIpc) is 2.90. The van der Waals surface area contributed by atoms with Gasteiger partial charge in [0.15, 0.2) is 0 Å². The summed E-state index contributed by atoms with van der Waals surface area (Å²) in [5.74, 6) is 0.347. The lowest BCUT2D eigenvalue weighted by Gasteiger charge is -1.96. The summed E-state index contributed by atoms with van der Waals surface area (Å²) in [6.45, 7) is 2.15. The number of phenols is 1. The minimum Gasteiger partial charge on any atom is -0.508 e. The van der Waals surface area contributed by atoms with Gasteiger partial charge in [-0.05, 0) is 41.3 Å². The SMILES string of the molecule is CCCc1ccc(O)cc1.c1cc2cc-2c1. The third-order valence-corrected chi connectivity index (χ3v) is 2.59. The van der Waals surface area contributed by atoms with E-state index in [1.807, 2.05) is 12.1 Å². The van der Waals surface area contributed by atoms with Crippen molar-refractivity contribution < 1.29 is 5.11 Å². The molecule has 0 radical (unpaired) electrons. The van der Waals surface area contributed by atoms with E-state index in [-0.39, 0.29) is 0 Å². The van der Waals surface area contributed by atoms with Gasteiger partial charge < -0.3 is 5.11 Å². The van der Waals surface area contributed by atoms with Gasteiger partial charge in [-0.1, -0.05) is 43.7 Å². The van der Waals surface area contributed by atoms with Crippen LogP contribution in [0.1, 0.15) is 18.9 Å². The fourth-order valence-corrected chi connectivity index (χ4v) is 1.63. The van der Waals surface area contributed by atoms with Crippen LogP contribution in [-0.4, -0.2) is 5.11 Å². The third-order valence-electron chi connectivity index (χ3n) is 2.59. The standard InChI is InChI=1S/C9H12O.C6H4/c1-2-3-8-4-6-9(10)7-5-8;1-2-5-4-6(5)3-1/h4-7,10H,2-3H2,1H3;1-4H. The molecule has 0 spiro atoms. The quantitative estimate of drug-likeness (QED) is 0.680. The van der Waals surface area contributed by atoms with E-state index in [2.05, 4.69) is 31.2 Å². The first-order valence-electron chi connectivity index (χ1n) is 5.68. The van der Waals surface area contributed by atoms with E-state index in [4.69, 9.17) is 5.11 Å². The van der Waals surface area contributed by atoms with Gasteiger partial charge in [0, 0.05) is 0 Å². The van der Waals surface area contributed by atoms with E-state index in [1.165, 1.54) is 16.7 Å². The van der Waals surface area contributed by atoms with Crippen LogP contribution in [0.2, 0.25) is 0 Å². The van der Waals surface area contributed by atoms with Gasteiger partial charge in [-0.15, -0.1) is 0 Å². The zero-order valence-electron chi connectivity index (χ0n) is 9.48. The molecule has 0 unspecified atom stereocenters. The molecule has 0 saturated heterocycles. The largest absolute Gasteiger partial charge is 0.508 e. The summed E-state index contributed by atoms with van der Waals surface area (Å²) in [5.41, 5.74) is 4.14. The minimum absolute atomic E-state index is 0.347. The van der Waals surface area contributed by atoms with Crippen LogP contribution in [0.5, 0.6) is 5.75 Å². The molecule has 16 heavy (non-hydrogen) atoms. The highest BCUT2D eigenvalue weighted by atomic mass is 16.3. The highest BCUT2D eigenvalue weighted by Crippen LogP contribution is 2.32. The molecule has 82 valence electrons. The maximum atomic E-state index is 8.92. The Morgan fingerprint density at radius 2 is 1.56 bits per heavy atom. The van der Waals surface area contributed by atoms with Crippen molar-refractivity contribution in [1.82, 2.24) is 0 Å². The lowest BCUT2D eigenvalue weighted by Crippen LogP contribution is -1.79. The van der Waals surface area contributed by atoms with Crippen LogP contribution < -0.4 is 0 Å². The first-order chi connectivity index (χ1) is 7.79. The molecule has 0 aliphatic heterocycles. The van der Waals surface area contributed by atoms with Gasteiger partial charge in [0.25, 0.3) is 0 Å². The number of benzene rings is 2. The Bertz CT molecular complexity index is 440. The minimum atomic E-state index is 0.347. The van der Waals surface area contributed by atoms with Crippen LogP contribution in [0.25, 0.3) is 11.1 Å². The maximum Gasteiger partial charge on any atom is 0.115 e. The fourth-order valence-electron chi connectivity index (χ4n) is 1.63. The van der Waals surface area contributed by atoms with E-state index in [0.717, 1.165) is 12.8 Å². The molecule has 1 N–H and O–H groups in total. The summed E-state index contributed by atoms with van der Waals surface area (Å²) >= 11 is 0. The summed E-state index contributed by atoms with van der Waals surface area (Å²) in [4.78, 5) is 0. The first kappa shape index (κ1) is 10.7. The molecule has 1 nitrogen and oxygen atoms in total. The van der Waals surface area contributed by atoms with E-state index in [9.17, 15) is 0 Å². The van der Waals surface area contributed by atoms with E-state index >= 15 is 0 Å². The second-order valence-corrected chi connectivity index (χ2v) is 4.00. The molecule has 0 saturated carbocycles. The normalized spacial score (nSPS) is 10.3. The van der Waals surface area contributed by atoms with Crippen molar-refractivity contribution in [2.75, 3.05) is 0 Å². The predicted octanol–water partition coefficient (Wildman–Crippen LogP) is 4.01. The van der Waals surface area contributed by atoms with E-state index < -0.39 is 0 Å². The molecule has 0 bridgehead atoms. The predicted molar refractivity (Wildman–Crippen MR) is 67.5 cm³/mol. The second-order valence-electron chi connectivity index (χ2n) is 4.00. The lowest BCUT2D eigenvalue weighted by molar-refractivity contribution is 0.475. The van der Waals surface area contributed by atoms with Crippen molar-refractivity contribution in [2.45, 2.75) is 19.8 Å². The molecule has 3 rings (SSSR count). The fraction of sp³-hybridized carbons (Fsp3) is 0.200. The number of hydrogen-bond acceptors (Lipinski definition) is 1. The number of rotatable bonds is 2. The number of hydrogen-bond donors (Lipinski definition) is 1. The van der Waals surface area contributed by atoms with Crippen LogP contribution in [-0.2, 0) is 6.42 Å². The van der Waals surface area contributed by atoms with Crippen LogP contribution in [0.15, 0.2) is 48.5 Å². The van der Waals surface area contributed by atoms with Crippen LogP contribution in [0.3, 0.4) is 0 Å². The van der Waals surface area contributed by atoms with E-state index in [1.54, 1.807) is 12.1 Å². The summed E-state index contributed by atoms with van der Waals surface area (Å²) in [5, 5.41) is 8.92. The van der Waals surface area contributed by atoms with Crippen molar-refractivity contribution in [3.63, 3.8) is 0 Å². The molecule has 2 aliphatic carbocycles. The van der Waals surface area contributed by atoms with Gasteiger partial charge in [0.2, 0.25) is 0 Å². The summed E-state index contributed by atoms with van der Waals surface area (Å²) < 4.78 is 0. The van der Waals surface area contributed by atoms with Gasteiger partial charge in [-0.3, -0.25) is 0 Å². The lowest BCUT2D eigenvalue weighted by atomic mass is 10.1. The molecule has 1 aromatic carbocycles. The van der Waals surface area contributed by atoms with Crippen LogP contribution in [0.4, 0.5) is 0 Å². The van der Waals surface area contributed by atoms with Crippen LogP contribution >= 0.6 is 0 Å². The van der Waals surface area contributed by atoms with Gasteiger partial charge in [-0.2, -0.15) is 0 Å². The third kappa shape index (κ3) is 2.86. The zero-order chi connectivity index (χ0) is 11.4. The first-order valence-corrected chi connectivity index (χ1v) is 5.68. The summed E-state index contributed by atoms with van der Waals surface area (Å²) in [6.07, 6.45) is 2.26. The Morgan fingerprint density at radius 3 is 1.94 bits per heavy atom. The number of aryl methyl sites for hydroxylation is 1. The number of aromatic hydroxyl groups is 1. The monoisotopic (exact) mass is 212 g/mol.